The van der Waals surface area contributed by atoms with Crippen LogP contribution < -0.4 is 0 Å². The molecule has 4 rings (SSSR count). The van der Waals surface area contributed by atoms with E-state index in [1.165, 1.54) is 4.80 Å². The fraction of sp³-hybridized carbons (Fsp3) is 0.217. The van der Waals surface area contributed by atoms with Crippen LogP contribution in [0.5, 0.6) is 11.5 Å². The van der Waals surface area contributed by atoms with Gasteiger partial charge in [-0.15, -0.1) is 15.0 Å². The van der Waals surface area contributed by atoms with Crippen molar-refractivity contribution in [2.75, 3.05) is 0 Å². The Bertz CT molecular complexity index is 1130. The number of phenolic OH excluding ortho intramolecular Hbond substituents is 2. The van der Waals surface area contributed by atoms with Crippen molar-refractivity contribution in [3.63, 3.8) is 0 Å². The van der Waals surface area contributed by atoms with E-state index in [-0.39, 0.29) is 11.2 Å². The van der Waals surface area contributed by atoms with Crippen LogP contribution in [0.4, 0.5) is 0 Å². The van der Waals surface area contributed by atoms with Crippen LogP contribution in [-0.4, -0.2) is 25.2 Å². The van der Waals surface area contributed by atoms with Gasteiger partial charge in [0.05, 0.1) is 0 Å². The van der Waals surface area contributed by atoms with Gasteiger partial charge in [0.15, 0.2) is 0 Å². The lowest BCUT2D eigenvalue weighted by Crippen LogP contribution is -2.13. The zero-order valence-corrected chi connectivity index (χ0v) is 17.6. The Hall–Kier alpha value is -3.05. The fourth-order valence-electron chi connectivity index (χ4n) is 2.91. The average Bonchev–Trinajstić information content (AvgIpc) is 3.06. The first-order valence-corrected chi connectivity index (χ1v) is 9.64. The predicted octanol–water partition coefficient (Wildman–Crippen LogP) is 5.78. The molecule has 1 aromatic heterocycles. The van der Waals surface area contributed by atoms with Gasteiger partial charge in [-0.25, -0.2) is 0 Å². The molecule has 0 aliphatic rings. The molecule has 4 aromatic rings. The Kier molecular flexibility index (Phi) is 5.80. The van der Waals surface area contributed by atoms with Gasteiger partial charge in [-0.3, -0.25) is 0 Å². The summed E-state index contributed by atoms with van der Waals surface area (Å²) in [5, 5.41) is 28.8. The van der Waals surface area contributed by atoms with Gasteiger partial charge < -0.3 is 10.2 Å². The number of hydrogen-bond donors (Lipinski definition) is 2. The van der Waals surface area contributed by atoms with Crippen molar-refractivity contribution in [1.82, 2.24) is 15.0 Å². The summed E-state index contributed by atoms with van der Waals surface area (Å²) in [6.07, 6.45) is 0. The zero-order chi connectivity index (χ0) is 21.2. The third-order valence-electron chi connectivity index (χ3n) is 4.36. The van der Waals surface area contributed by atoms with Gasteiger partial charge in [0.1, 0.15) is 28.2 Å². The van der Waals surface area contributed by atoms with E-state index in [1.54, 1.807) is 36.4 Å². The van der Waals surface area contributed by atoms with Crippen molar-refractivity contribution >= 4 is 22.6 Å². The van der Waals surface area contributed by atoms with E-state index < -0.39 is 0 Å². The van der Waals surface area contributed by atoms with E-state index in [2.05, 4.69) is 31.0 Å². The van der Waals surface area contributed by atoms with Gasteiger partial charge in [0.25, 0.3) is 0 Å². The molecule has 3 aromatic carbocycles. The van der Waals surface area contributed by atoms with Crippen molar-refractivity contribution in [3.05, 3.63) is 76.8 Å². The molecule has 2 N–H and O–H groups in total. The predicted molar refractivity (Wildman–Crippen MR) is 117 cm³/mol. The van der Waals surface area contributed by atoms with Gasteiger partial charge >= 0.3 is 0 Å². The molecule has 0 saturated heterocycles. The van der Waals surface area contributed by atoms with Crippen LogP contribution in [-0.2, 0) is 5.41 Å². The standard InChI is InChI=1S/C17H18ClN3O.C6H6O/c1-10-7-12(17(2,3)4)16(22)15(8-10)21-19-13-6-5-11(18)9-14(13)20-21;7-6-4-2-1-3-5-6/h5-9,22H,1-4H3;1-5,7H. The molecule has 0 unspecified atom stereocenters. The van der Waals surface area contributed by atoms with Crippen molar-refractivity contribution in [3.8, 4) is 17.2 Å². The first-order chi connectivity index (χ1) is 13.6. The van der Waals surface area contributed by atoms with E-state index in [4.69, 9.17) is 16.7 Å². The van der Waals surface area contributed by atoms with Gasteiger partial charge in [-0.1, -0.05) is 56.6 Å². The maximum Gasteiger partial charge on any atom is 0.146 e. The zero-order valence-electron chi connectivity index (χ0n) is 16.9. The van der Waals surface area contributed by atoms with Crippen LogP contribution in [0.1, 0.15) is 31.9 Å². The summed E-state index contributed by atoms with van der Waals surface area (Å²) in [7, 11) is 0. The highest BCUT2D eigenvalue weighted by Crippen LogP contribution is 2.36. The third-order valence-corrected chi connectivity index (χ3v) is 4.59. The Morgan fingerprint density at radius 3 is 2.10 bits per heavy atom. The largest absolute Gasteiger partial charge is 0.508 e. The van der Waals surface area contributed by atoms with Crippen molar-refractivity contribution in [1.29, 1.82) is 0 Å². The van der Waals surface area contributed by atoms with Crippen LogP contribution in [0.15, 0.2) is 60.7 Å². The highest BCUT2D eigenvalue weighted by atomic mass is 35.5. The van der Waals surface area contributed by atoms with Crippen LogP contribution in [0, 0.1) is 6.92 Å². The number of halogens is 1. The number of aromatic hydroxyl groups is 2. The second kappa shape index (κ2) is 8.13. The Labute approximate surface area is 175 Å². The lowest BCUT2D eigenvalue weighted by molar-refractivity contribution is 0.440. The Morgan fingerprint density at radius 2 is 1.52 bits per heavy atom. The summed E-state index contributed by atoms with van der Waals surface area (Å²) < 4.78 is 0. The highest BCUT2D eigenvalue weighted by molar-refractivity contribution is 6.31. The second-order valence-electron chi connectivity index (χ2n) is 7.89. The molecular formula is C23H24ClN3O2. The van der Waals surface area contributed by atoms with Gasteiger partial charge in [0.2, 0.25) is 0 Å². The topological polar surface area (TPSA) is 71.2 Å². The summed E-state index contributed by atoms with van der Waals surface area (Å²) in [6, 6.07) is 17.9. The molecule has 6 heteroatoms. The second-order valence-corrected chi connectivity index (χ2v) is 8.32. The molecular weight excluding hydrogens is 386 g/mol. The number of phenols is 2. The molecule has 0 aliphatic heterocycles. The number of aryl methyl sites for hydroxylation is 1. The molecule has 0 spiro atoms. The number of aromatic nitrogens is 3. The summed E-state index contributed by atoms with van der Waals surface area (Å²) in [4.78, 5) is 1.47. The highest BCUT2D eigenvalue weighted by Gasteiger charge is 2.22. The minimum Gasteiger partial charge on any atom is -0.508 e. The van der Waals surface area contributed by atoms with E-state index in [0.29, 0.717) is 22.0 Å². The number of benzene rings is 3. The molecule has 0 amide bonds. The van der Waals surface area contributed by atoms with E-state index in [0.717, 1.165) is 16.6 Å². The first-order valence-electron chi connectivity index (χ1n) is 9.26. The third kappa shape index (κ3) is 4.87. The fourth-order valence-corrected chi connectivity index (χ4v) is 3.07. The van der Waals surface area contributed by atoms with Gasteiger partial charge in [-0.05, 0) is 54.3 Å². The number of para-hydroxylation sites is 1. The van der Waals surface area contributed by atoms with Crippen LogP contribution in [0.25, 0.3) is 16.7 Å². The van der Waals surface area contributed by atoms with Gasteiger partial charge in [0, 0.05) is 10.6 Å². The monoisotopic (exact) mass is 409 g/mol. The van der Waals surface area contributed by atoms with Gasteiger partial charge in [-0.2, -0.15) is 0 Å². The molecule has 0 atom stereocenters. The van der Waals surface area contributed by atoms with Crippen LogP contribution >= 0.6 is 11.6 Å². The quantitative estimate of drug-likeness (QED) is 0.418. The number of hydrogen-bond acceptors (Lipinski definition) is 4. The molecule has 0 bridgehead atoms. The maximum atomic E-state index is 10.7. The maximum absolute atomic E-state index is 10.7. The molecule has 0 aliphatic carbocycles. The van der Waals surface area contributed by atoms with Crippen LogP contribution in [0.3, 0.4) is 0 Å². The van der Waals surface area contributed by atoms with E-state index >= 15 is 0 Å². The summed E-state index contributed by atoms with van der Waals surface area (Å²) in [6.45, 7) is 8.20. The molecule has 0 radical (unpaired) electrons. The minimum atomic E-state index is -0.166. The Balaban J connectivity index is 0.000000290. The average molecular weight is 410 g/mol. The normalized spacial score (nSPS) is 11.2. The molecule has 29 heavy (non-hydrogen) atoms. The van der Waals surface area contributed by atoms with Crippen molar-refractivity contribution in [2.45, 2.75) is 33.1 Å². The number of rotatable bonds is 1. The number of nitrogens with zero attached hydrogens (tertiary/aromatic N) is 3. The first kappa shape index (κ1) is 20.7. The molecule has 150 valence electrons. The van der Waals surface area contributed by atoms with Crippen LogP contribution in [0.2, 0.25) is 5.02 Å². The SMILES string of the molecule is Cc1cc(-n2nc3ccc(Cl)cc3n2)c(O)c(C(C)(C)C)c1.Oc1ccccc1. The summed E-state index contributed by atoms with van der Waals surface area (Å²) in [5.41, 5.74) is 3.78. The van der Waals surface area contributed by atoms with Crippen molar-refractivity contribution < 1.29 is 10.2 Å². The summed E-state index contributed by atoms with van der Waals surface area (Å²) >= 11 is 5.99. The molecule has 1 heterocycles. The smallest absolute Gasteiger partial charge is 0.146 e. The van der Waals surface area contributed by atoms with Crippen molar-refractivity contribution in [2.24, 2.45) is 0 Å². The number of fused-ring (bicyclic) bond motifs is 1. The molecule has 5 nitrogen and oxygen atoms in total. The lowest BCUT2D eigenvalue weighted by atomic mass is 9.85. The molecule has 0 saturated carbocycles. The lowest BCUT2D eigenvalue weighted by Gasteiger charge is -2.22. The minimum absolute atomic E-state index is 0.166. The van der Waals surface area contributed by atoms with E-state index in [9.17, 15) is 5.11 Å². The van der Waals surface area contributed by atoms with E-state index in [1.807, 2.05) is 31.2 Å². The molecule has 0 fully saturated rings. The summed E-state index contributed by atoms with van der Waals surface area (Å²) in [5.74, 6) is 0.534. The Morgan fingerprint density at radius 1 is 0.862 bits per heavy atom.